The van der Waals surface area contributed by atoms with Crippen LogP contribution in [-0.2, 0) is 0 Å². The molecule has 2 aromatic rings. The van der Waals surface area contributed by atoms with E-state index in [4.69, 9.17) is 0 Å². The highest BCUT2D eigenvalue weighted by Crippen LogP contribution is 2.52. The zero-order chi connectivity index (χ0) is 16.6. The first-order valence-corrected chi connectivity index (χ1v) is 7.43. The number of aromatic nitrogens is 4. The van der Waals surface area contributed by atoms with Gasteiger partial charge in [-0.3, -0.25) is 9.78 Å². The Kier molecular flexibility index (Phi) is 4.10. The Morgan fingerprint density at radius 2 is 2.04 bits per heavy atom. The van der Waals surface area contributed by atoms with Crippen LogP contribution < -0.4 is 11.2 Å². The van der Waals surface area contributed by atoms with Crippen LogP contribution in [0.15, 0.2) is 21.9 Å². The summed E-state index contributed by atoms with van der Waals surface area (Å²) in [5, 5.41) is 26.7. The van der Waals surface area contributed by atoms with E-state index in [1.54, 1.807) is 6.07 Å². The fourth-order valence-corrected chi connectivity index (χ4v) is 3.00. The number of aliphatic hydroxyl groups is 2. The Labute approximate surface area is 131 Å². The van der Waals surface area contributed by atoms with Crippen LogP contribution in [0.2, 0.25) is 0 Å². The standard InChI is InChI=1S/C15H18N4O4/c1-7-9(11-2-10(11)8(5-20)6-21)3-13(19-18-7)12-4-16-15(23)17-14(12)22/h3-4,8,10-11,20-21H,2,5-6H2,1H3,(H2,16,17,22,23). The summed E-state index contributed by atoms with van der Waals surface area (Å²) in [6, 6.07) is 1.79. The van der Waals surface area contributed by atoms with Crippen LogP contribution in [0.25, 0.3) is 11.3 Å². The van der Waals surface area contributed by atoms with E-state index in [0.717, 1.165) is 17.7 Å². The molecule has 3 rings (SSSR count). The highest BCUT2D eigenvalue weighted by Gasteiger charge is 2.44. The van der Waals surface area contributed by atoms with Crippen LogP contribution >= 0.6 is 0 Å². The Balaban J connectivity index is 1.95. The molecular weight excluding hydrogens is 300 g/mol. The fourth-order valence-electron chi connectivity index (χ4n) is 3.00. The molecular formula is C15H18N4O4. The van der Waals surface area contributed by atoms with Crippen molar-refractivity contribution < 1.29 is 10.2 Å². The number of nitrogens with zero attached hydrogens (tertiary/aromatic N) is 2. The highest BCUT2D eigenvalue weighted by molar-refractivity contribution is 5.57. The minimum atomic E-state index is -0.574. The number of aliphatic hydroxyl groups excluding tert-OH is 2. The van der Waals surface area contributed by atoms with Crippen molar-refractivity contribution in [2.45, 2.75) is 19.3 Å². The van der Waals surface area contributed by atoms with E-state index < -0.39 is 11.2 Å². The lowest BCUT2D eigenvalue weighted by Gasteiger charge is -2.11. The van der Waals surface area contributed by atoms with Crippen molar-refractivity contribution in [3.05, 3.63) is 44.4 Å². The van der Waals surface area contributed by atoms with Gasteiger partial charge in [-0.25, -0.2) is 4.79 Å². The number of aromatic amines is 2. The van der Waals surface area contributed by atoms with Crippen LogP contribution in [-0.4, -0.2) is 43.6 Å². The molecule has 8 nitrogen and oxygen atoms in total. The molecule has 8 heteroatoms. The lowest BCUT2D eigenvalue weighted by atomic mass is 9.99. The Bertz CT molecular complexity index is 825. The molecule has 0 spiro atoms. The second kappa shape index (κ2) is 6.05. The Morgan fingerprint density at radius 1 is 1.30 bits per heavy atom. The summed E-state index contributed by atoms with van der Waals surface area (Å²) in [7, 11) is 0. The maximum absolute atomic E-state index is 11.9. The number of hydrogen-bond donors (Lipinski definition) is 4. The van der Waals surface area contributed by atoms with Crippen molar-refractivity contribution in [3.63, 3.8) is 0 Å². The normalized spacial score (nSPS) is 20.0. The molecule has 0 saturated heterocycles. The topological polar surface area (TPSA) is 132 Å². The fraction of sp³-hybridized carbons (Fsp3) is 0.467. The molecule has 4 N–H and O–H groups in total. The first-order valence-electron chi connectivity index (χ1n) is 7.43. The van der Waals surface area contributed by atoms with Crippen molar-refractivity contribution >= 4 is 0 Å². The van der Waals surface area contributed by atoms with Gasteiger partial charge in [-0.05, 0) is 36.8 Å². The second-order valence-electron chi connectivity index (χ2n) is 5.89. The Morgan fingerprint density at radius 3 is 2.70 bits per heavy atom. The van der Waals surface area contributed by atoms with Crippen LogP contribution in [0.1, 0.15) is 23.6 Å². The summed E-state index contributed by atoms with van der Waals surface area (Å²) in [5.74, 6) is 0.248. The first-order chi connectivity index (χ1) is 11.0. The maximum Gasteiger partial charge on any atom is 0.325 e. The van der Waals surface area contributed by atoms with Gasteiger partial charge < -0.3 is 15.2 Å². The molecule has 2 atom stereocenters. The van der Waals surface area contributed by atoms with Crippen LogP contribution in [0.5, 0.6) is 0 Å². The molecule has 0 aromatic carbocycles. The smallest absolute Gasteiger partial charge is 0.325 e. The second-order valence-corrected chi connectivity index (χ2v) is 5.89. The van der Waals surface area contributed by atoms with Crippen molar-refractivity contribution in [2.24, 2.45) is 11.8 Å². The van der Waals surface area contributed by atoms with Gasteiger partial charge in [-0.2, -0.15) is 5.10 Å². The van der Waals surface area contributed by atoms with Gasteiger partial charge in [0.1, 0.15) is 5.69 Å². The van der Waals surface area contributed by atoms with E-state index in [9.17, 15) is 19.8 Å². The van der Waals surface area contributed by atoms with Gasteiger partial charge in [0.25, 0.3) is 5.56 Å². The minimum absolute atomic E-state index is 0.0539. The van der Waals surface area contributed by atoms with Crippen molar-refractivity contribution in [3.8, 4) is 11.3 Å². The summed E-state index contributed by atoms with van der Waals surface area (Å²) in [4.78, 5) is 27.6. The van der Waals surface area contributed by atoms with E-state index in [1.165, 1.54) is 6.20 Å². The SMILES string of the molecule is Cc1nnc(-c2c[nH]c(=O)[nH]c2=O)cc1C1CC1C(CO)CO. The highest BCUT2D eigenvalue weighted by atomic mass is 16.3. The zero-order valence-electron chi connectivity index (χ0n) is 12.6. The summed E-state index contributed by atoms with van der Waals surface area (Å²) >= 11 is 0. The van der Waals surface area contributed by atoms with Gasteiger partial charge in [0, 0.05) is 25.3 Å². The van der Waals surface area contributed by atoms with E-state index in [1.807, 2.05) is 6.92 Å². The number of rotatable bonds is 5. The summed E-state index contributed by atoms with van der Waals surface area (Å²) < 4.78 is 0. The number of H-pyrrole nitrogens is 2. The van der Waals surface area contributed by atoms with Gasteiger partial charge in [0.2, 0.25) is 0 Å². The van der Waals surface area contributed by atoms with E-state index in [-0.39, 0.29) is 36.5 Å². The predicted octanol–water partition coefficient (Wildman–Crippen LogP) is -0.467. The number of aryl methyl sites for hydroxylation is 1. The van der Waals surface area contributed by atoms with E-state index in [0.29, 0.717) is 5.69 Å². The zero-order valence-corrected chi connectivity index (χ0v) is 12.6. The molecule has 1 aliphatic rings. The molecule has 1 fully saturated rings. The molecule has 122 valence electrons. The third-order valence-corrected chi connectivity index (χ3v) is 4.43. The van der Waals surface area contributed by atoms with Crippen LogP contribution in [0, 0.1) is 18.8 Å². The third-order valence-electron chi connectivity index (χ3n) is 4.43. The van der Waals surface area contributed by atoms with Gasteiger partial charge in [0.15, 0.2) is 0 Å². The van der Waals surface area contributed by atoms with Gasteiger partial charge in [-0.15, -0.1) is 5.10 Å². The van der Waals surface area contributed by atoms with Crippen molar-refractivity contribution in [2.75, 3.05) is 13.2 Å². The monoisotopic (exact) mass is 318 g/mol. The third kappa shape index (κ3) is 2.95. The minimum Gasteiger partial charge on any atom is -0.396 e. The van der Waals surface area contributed by atoms with Gasteiger partial charge in [0.05, 0.1) is 11.3 Å². The van der Waals surface area contributed by atoms with E-state index >= 15 is 0 Å². The molecule has 0 aliphatic heterocycles. The predicted molar refractivity (Wildman–Crippen MR) is 82.0 cm³/mol. The molecule has 0 bridgehead atoms. The molecule has 0 radical (unpaired) electrons. The molecule has 2 aromatic heterocycles. The van der Waals surface area contributed by atoms with Gasteiger partial charge >= 0.3 is 5.69 Å². The molecule has 1 aliphatic carbocycles. The van der Waals surface area contributed by atoms with Crippen molar-refractivity contribution in [1.82, 2.24) is 20.2 Å². The van der Waals surface area contributed by atoms with E-state index in [2.05, 4.69) is 20.2 Å². The molecule has 0 amide bonds. The molecule has 2 heterocycles. The molecule has 2 unspecified atom stereocenters. The van der Waals surface area contributed by atoms with Crippen molar-refractivity contribution in [1.29, 1.82) is 0 Å². The average molecular weight is 318 g/mol. The molecule has 1 saturated carbocycles. The number of nitrogens with one attached hydrogen (secondary N) is 2. The number of hydrogen-bond acceptors (Lipinski definition) is 6. The quantitative estimate of drug-likeness (QED) is 0.589. The summed E-state index contributed by atoms with van der Waals surface area (Å²) in [6.07, 6.45) is 2.18. The summed E-state index contributed by atoms with van der Waals surface area (Å²) in [6.45, 7) is 1.73. The van der Waals surface area contributed by atoms with Gasteiger partial charge in [-0.1, -0.05) is 0 Å². The molecule has 23 heavy (non-hydrogen) atoms. The Hall–Kier alpha value is -2.32. The largest absolute Gasteiger partial charge is 0.396 e. The first kappa shape index (κ1) is 15.6. The summed E-state index contributed by atoms with van der Waals surface area (Å²) in [5.41, 5.74) is 1.26. The lowest BCUT2D eigenvalue weighted by Crippen LogP contribution is -2.23. The average Bonchev–Trinajstić information content (AvgIpc) is 3.30. The maximum atomic E-state index is 11.9. The van der Waals surface area contributed by atoms with Crippen LogP contribution in [0.4, 0.5) is 0 Å². The van der Waals surface area contributed by atoms with Crippen LogP contribution in [0.3, 0.4) is 0 Å². The lowest BCUT2D eigenvalue weighted by molar-refractivity contribution is 0.134.